The Morgan fingerprint density at radius 2 is 1.19 bits per heavy atom. The average molecular weight is 1170 g/mol. The highest BCUT2D eigenvalue weighted by Crippen LogP contribution is 2.51. The Bertz CT molecular complexity index is 2840. The minimum atomic E-state index is -4.30. The number of aromatic nitrogens is 4. The van der Waals surface area contributed by atoms with E-state index in [1.54, 1.807) is 0 Å². The molecule has 2 aromatic carbocycles. The first-order chi connectivity index (χ1) is 37.4. The smallest absolute Gasteiger partial charge is 0.335 e. The van der Waals surface area contributed by atoms with E-state index in [1.807, 2.05) is 73.8 Å². The second kappa shape index (κ2) is 30.6. The van der Waals surface area contributed by atoms with Crippen LogP contribution in [-0.2, 0) is 94.6 Å². The summed E-state index contributed by atoms with van der Waals surface area (Å²) in [5.41, 5.74) is 7.43. The van der Waals surface area contributed by atoms with Gasteiger partial charge in [0.2, 0.25) is 0 Å². The normalized spacial score (nSPS) is 22.4. The number of azide groups is 1. The van der Waals surface area contributed by atoms with Gasteiger partial charge in [0.15, 0.2) is 20.8 Å². The van der Waals surface area contributed by atoms with Gasteiger partial charge in [0.1, 0.15) is 44.0 Å². The Hall–Kier alpha value is -4.19. The molecule has 2 aliphatic heterocycles. The van der Waals surface area contributed by atoms with Crippen LogP contribution in [0.15, 0.2) is 109 Å². The Balaban J connectivity index is 1.19. The van der Waals surface area contributed by atoms with Gasteiger partial charge < -0.3 is 56.5 Å². The number of benzene rings is 2. The molecule has 6 rings (SSSR count). The van der Waals surface area contributed by atoms with Crippen molar-refractivity contribution in [2.24, 2.45) is 5.11 Å². The predicted molar refractivity (Wildman–Crippen MR) is 295 cm³/mol. The highest BCUT2D eigenvalue weighted by molar-refractivity contribution is 8.07. The summed E-state index contributed by atoms with van der Waals surface area (Å²) in [4.78, 5) is 69.1. The molecule has 24 nitrogen and oxygen atoms in total. The van der Waals surface area contributed by atoms with Crippen molar-refractivity contribution in [2.75, 3.05) is 78.5 Å². The molecule has 0 amide bonds. The van der Waals surface area contributed by atoms with Crippen LogP contribution in [0.3, 0.4) is 0 Å². The molecule has 430 valence electrons. The molecule has 2 fully saturated rings. The van der Waals surface area contributed by atoms with Crippen molar-refractivity contribution in [3.05, 3.63) is 148 Å². The van der Waals surface area contributed by atoms with Crippen LogP contribution in [0.25, 0.3) is 10.4 Å². The van der Waals surface area contributed by atoms with Gasteiger partial charge in [0.25, 0.3) is 11.1 Å². The minimum absolute atomic E-state index is 0.144. The van der Waals surface area contributed by atoms with E-state index in [-0.39, 0.29) is 44.0 Å². The zero-order valence-electron chi connectivity index (χ0n) is 45.0. The third-order valence-corrected chi connectivity index (χ3v) is 20.3. The van der Waals surface area contributed by atoms with Crippen molar-refractivity contribution in [3.8, 4) is 0 Å². The maximum absolute atomic E-state index is 14.1. The van der Waals surface area contributed by atoms with Gasteiger partial charge in [-0.3, -0.25) is 23.2 Å². The number of nitrogens with zero attached hydrogens (tertiary/aromatic N) is 7. The second-order valence-corrected chi connectivity index (χ2v) is 28.2. The minimum Gasteiger partial charge on any atom is -0.408 e. The summed E-state index contributed by atoms with van der Waals surface area (Å²) in [5, 5.41) is 3.13. The van der Waals surface area contributed by atoms with Crippen LogP contribution in [0.5, 0.6) is 0 Å². The molecule has 9 atom stereocenters. The first kappa shape index (κ1) is 63.0. The number of ether oxygens (including phenoxy) is 9. The van der Waals surface area contributed by atoms with E-state index in [2.05, 4.69) is 30.8 Å². The zero-order valence-corrected chi connectivity index (χ0v) is 48.5. The van der Waals surface area contributed by atoms with Crippen molar-refractivity contribution in [3.63, 3.8) is 0 Å². The maximum atomic E-state index is 14.1. The van der Waals surface area contributed by atoms with Crippen LogP contribution in [0.4, 0.5) is 0 Å². The lowest BCUT2D eigenvalue weighted by Crippen LogP contribution is -2.50. The van der Waals surface area contributed by atoms with E-state index in [4.69, 9.17) is 73.4 Å². The molecule has 4 aromatic rings. The molecule has 0 radical (unpaired) electrons. The van der Waals surface area contributed by atoms with Crippen molar-refractivity contribution in [2.45, 2.75) is 115 Å². The third-order valence-electron chi connectivity index (χ3n) is 13.2. The fourth-order valence-corrected chi connectivity index (χ4v) is 11.8. The van der Waals surface area contributed by atoms with E-state index in [0.29, 0.717) is 45.4 Å². The topological polar surface area (TPSA) is 268 Å². The van der Waals surface area contributed by atoms with Gasteiger partial charge in [-0.1, -0.05) is 86.5 Å². The van der Waals surface area contributed by atoms with Gasteiger partial charge in [0.05, 0.1) is 65.6 Å². The Morgan fingerprint density at radius 3 is 1.69 bits per heavy atom. The lowest BCUT2D eigenvalue weighted by atomic mass is 10.1. The summed E-state index contributed by atoms with van der Waals surface area (Å²) < 4.78 is 77.2. The van der Waals surface area contributed by atoms with Crippen LogP contribution >= 0.6 is 18.5 Å². The summed E-state index contributed by atoms with van der Waals surface area (Å²) in [6, 6.07) is 21.1. The van der Waals surface area contributed by atoms with E-state index in [0.717, 1.165) is 20.3 Å². The van der Waals surface area contributed by atoms with Crippen molar-refractivity contribution >= 4 is 38.6 Å². The standard InChI is InChI=1S/C50H72N7O17PS2Si/c1-50(2,3)78(6,7)74-43-38(71-47(45(43)64-5)55-22-19-41(59)57(49(55)61)35-69-31-37-16-12-9-13-17-37)32-70-75(62,76)73-42-39(33-77-29-28-67-27-26-66-25-24-65-23-20-52-53-51)72-46(44(42)63-4)54-21-18-40(58)56(48(54)60)34-68-30-36-14-10-8-11-15-36/h8-19,21-22,38-39,42-47H,20,23-35H2,1-7H3,(H,62,76)/t38-,39-,42-,43-,44-,45-,46-,47-,75?/m1/s1. The summed E-state index contributed by atoms with van der Waals surface area (Å²) in [6.45, 7) is 7.45. The van der Waals surface area contributed by atoms with Crippen LogP contribution < -0.4 is 22.5 Å². The van der Waals surface area contributed by atoms with Crippen LogP contribution in [0, 0.1) is 0 Å². The largest absolute Gasteiger partial charge is 0.408 e. The first-order valence-corrected chi connectivity index (χ1v) is 31.9. The summed E-state index contributed by atoms with van der Waals surface area (Å²) in [7, 11) is 0.220. The summed E-state index contributed by atoms with van der Waals surface area (Å²) in [5.74, 6) is 0.750. The number of methoxy groups -OCH3 is 2. The Morgan fingerprint density at radius 1 is 0.705 bits per heavy atom. The molecule has 78 heavy (non-hydrogen) atoms. The van der Waals surface area contributed by atoms with E-state index >= 15 is 0 Å². The fraction of sp³-hybridized carbons (Fsp3) is 0.600. The predicted octanol–water partition coefficient (Wildman–Crippen LogP) is 5.31. The number of hydrogen-bond donors (Lipinski definition) is 1. The van der Waals surface area contributed by atoms with Crippen LogP contribution in [0.1, 0.15) is 44.4 Å². The summed E-state index contributed by atoms with van der Waals surface area (Å²) in [6.07, 6.45) is -5.60. The van der Waals surface area contributed by atoms with E-state index in [1.165, 1.54) is 59.6 Å². The number of hydrogen-bond acceptors (Lipinski definition) is 19. The molecule has 0 spiro atoms. The van der Waals surface area contributed by atoms with Crippen molar-refractivity contribution in [1.82, 2.24) is 18.3 Å². The fourth-order valence-electron chi connectivity index (χ4n) is 8.13. The van der Waals surface area contributed by atoms with Gasteiger partial charge in [-0.15, -0.1) is 0 Å². The van der Waals surface area contributed by atoms with Gasteiger partial charge in [-0.05, 0) is 46.6 Å². The number of thioether (sulfide) groups is 1. The maximum Gasteiger partial charge on any atom is 0.335 e. The SMILES string of the molecule is CO[C@@H]1[C@H](O[Si](C)(C)C(C)(C)C)[C@@H](COP(O)(=S)O[C@H]2[C@@H](OC)[C@H](n3ccc(=O)n(COCc4ccccc4)c3=O)O[C@@H]2CSCCOCCOCCOCCN=[N+]=[N-])O[C@H]1n1ccc(=O)n(COCc2ccccc2)c1=O. The van der Waals surface area contributed by atoms with E-state index in [9.17, 15) is 24.1 Å². The Kier molecular flexibility index (Phi) is 24.7. The van der Waals surface area contributed by atoms with Gasteiger partial charge in [-0.2, -0.15) is 11.8 Å². The zero-order chi connectivity index (χ0) is 56.3. The summed E-state index contributed by atoms with van der Waals surface area (Å²) >= 11 is 7.17. The van der Waals surface area contributed by atoms with Crippen LogP contribution in [-0.4, -0.2) is 147 Å². The van der Waals surface area contributed by atoms with Crippen molar-refractivity contribution in [1.29, 1.82) is 0 Å². The lowest BCUT2D eigenvalue weighted by molar-refractivity contribution is -0.0650. The molecule has 1 unspecified atom stereocenters. The van der Waals surface area contributed by atoms with Crippen LogP contribution in [0.2, 0.25) is 18.1 Å². The quantitative estimate of drug-likeness (QED) is 0.0158. The molecule has 0 bridgehead atoms. The monoisotopic (exact) mass is 1170 g/mol. The number of rotatable bonds is 33. The Labute approximate surface area is 462 Å². The van der Waals surface area contributed by atoms with Gasteiger partial charge in [0, 0.05) is 61.7 Å². The third kappa shape index (κ3) is 17.7. The second-order valence-electron chi connectivity index (χ2n) is 19.5. The molecule has 2 aliphatic rings. The molecular formula is C50H72N7O17PS2Si. The molecule has 1 N–H and O–H groups in total. The van der Waals surface area contributed by atoms with Gasteiger partial charge in [-0.25, -0.2) is 18.7 Å². The first-order valence-electron chi connectivity index (χ1n) is 25.3. The van der Waals surface area contributed by atoms with E-state index < -0.39 is 93.2 Å². The molecule has 0 aliphatic carbocycles. The van der Waals surface area contributed by atoms with Crippen molar-refractivity contribution < 1.29 is 61.0 Å². The molecule has 0 saturated carbocycles. The van der Waals surface area contributed by atoms with Gasteiger partial charge >= 0.3 is 18.1 Å². The lowest BCUT2D eigenvalue weighted by Gasteiger charge is -2.40. The molecule has 2 saturated heterocycles. The average Bonchev–Trinajstić information content (AvgIpc) is 4.00. The molecular weight excluding hydrogens is 1090 g/mol. The molecule has 2 aromatic heterocycles. The highest BCUT2D eigenvalue weighted by Gasteiger charge is 2.53. The highest BCUT2D eigenvalue weighted by atomic mass is 32.5. The molecule has 28 heteroatoms. The molecule has 4 heterocycles.